The summed E-state index contributed by atoms with van der Waals surface area (Å²) >= 11 is 0. The standard InChI is InChI=1S/C16H14F3N5O3/c1-9-10(2)23-27-13(9)7-24-14(25)4-3-12(22-24)11-5-20-15(21-6-11)26-8-16(17,18)19/h3-6H,7-8H2,1-2H3. The molecule has 0 aliphatic heterocycles. The molecule has 0 fully saturated rings. The van der Waals surface area contributed by atoms with Crippen LogP contribution in [-0.4, -0.2) is 37.7 Å². The molecule has 0 amide bonds. The minimum atomic E-state index is -4.48. The lowest BCUT2D eigenvalue weighted by Gasteiger charge is -2.08. The first-order valence-corrected chi connectivity index (χ1v) is 7.75. The summed E-state index contributed by atoms with van der Waals surface area (Å²) in [5.74, 6) is 0.506. The van der Waals surface area contributed by atoms with E-state index in [1.165, 1.54) is 29.2 Å². The molecule has 3 aromatic rings. The molecule has 11 heteroatoms. The Kier molecular flexibility index (Phi) is 4.93. The molecule has 0 saturated carbocycles. The van der Waals surface area contributed by atoms with Crippen LogP contribution in [0.3, 0.4) is 0 Å². The van der Waals surface area contributed by atoms with Gasteiger partial charge in [0.2, 0.25) is 0 Å². The van der Waals surface area contributed by atoms with Gasteiger partial charge in [-0.1, -0.05) is 5.16 Å². The van der Waals surface area contributed by atoms with E-state index in [9.17, 15) is 18.0 Å². The first kappa shape index (κ1) is 18.5. The minimum absolute atomic E-state index is 0.0903. The van der Waals surface area contributed by atoms with Crippen molar-refractivity contribution in [3.63, 3.8) is 0 Å². The van der Waals surface area contributed by atoms with Gasteiger partial charge >= 0.3 is 12.2 Å². The molecular formula is C16H14F3N5O3. The average Bonchev–Trinajstić information content (AvgIpc) is 2.94. The second-order valence-corrected chi connectivity index (χ2v) is 5.69. The third-order valence-corrected chi connectivity index (χ3v) is 3.70. The van der Waals surface area contributed by atoms with Crippen LogP contribution in [-0.2, 0) is 6.54 Å². The molecule has 0 spiro atoms. The predicted molar refractivity (Wildman–Crippen MR) is 86.2 cm³/mol. The van der Waals surface area contributed by atoms with E-state index >= 15 is 0 Å². The van der Waals surface area contributed by atoms with Gasteiger partial charge in [-0.3, -0.25) is 4.79 Å². The first-order valence-electron chi connectivity index (χ1n) is 7.75. The van der Waals surface area contributed by atoms with Gasteiger partial charge in [0, 0.05) is 29.6 Å². The summed E-state index contributed by atoms with van der Waals surface area (Å²) in [5, 5.41) is 8.05. The van der Waals surface area contributed by atoms with Crippen molar-refractivity contribution in [2.75, 3.05) is 6.61 Å². The summed E-state index contributed by atoms with van der Waals surface area (Å²) in [5.41, 5.74) is 1.97. The predicted octanol–water partition coefficient (Wildman–Crippen LogP) is 2.29. The Morgan fingerprint density at radius 3 is 2.48 bits per heavy atom. The van der Waals surface area contributed by atoms with Gasteiger partial charge in [0.25, 0.3) is 5.56 Å². The van der Waals surface area contributed by atoms with E-state index in [1.807, 2.05) is 6.92 Å². The van der Waals surface area contributed by atoms with Gasteiger partial charge in [0.05, 0.1) is 11.4 Å². The number of ether oxygens (including phenoxy) is 1. The fourth-order valence-electron chi connectivity index (χ4n) is 2.13. The number of halogens is 3. The van der Waals surface area contributed by atoms with Crippen LogP contribution in [0.15, 0.2) is 33.8 Å². The molecule has 142 valence electrons. The lowest BCUT2D eigenvalue weighted by molar-refractivity contribution is -0.154. The molecule has 8 nitrogen and oxygen atoms in total. The number of hydrogen-bond donors (Lipinski definition) is 0. The van der Waals surface area contributed by atoms with E-state index in [0.717, 1.165) is 11.3 Å². The molecule has 27 heavy (non-hydrogen) atoms. The van der Waals surface area contributed by atoms with Gasteiger partial charge in [-0.15, -0.1) is 0 Å². The molecule has 0 aliphatic rings. The second-order valence-electron chi connectivity index (χ2n) is 5.69. The molecule has 3 heterocycles. The maximum absolute atomic E-state index is 12.1. The van der Waals surface area contributed by atoms with Crippen LogP contribution in [0.25, 0.3) is 11.3 Å². The quantitative estimate of drug-likeness (QED) is 0.669. The third-order valence-electron chi connectivity index (χ3n) is 3.70. The zero-order chi connectivity index (χ0) is 19.6. The molecule has 3 rings (SSSR count). The van der Waals surface area contributed by atoms with Crippen molar-refractivity contribution in [3.05, 3.63) is 51.9 Å². The van der Waals surface area contributed by atoms with E-state index in [-0.39, 0.29) is 12.1 Å². The molecule has 0 aliphatic carbocycles. The van der Waals surface area contributed by atoms with Crippen molar-refractivity contribution >= 4 is 0 Å². The molecule has 0 bridgehead atoms. The van der Waals surface area contributed by atoms with Crippen LogP contribution in [0.2, 0.25) is 0 Å². The Bertz CT molecular complexity index is 996. The molecule has 3 aromatic heterocycles. The van der Waals surface area contributed by atoms with E-state index in [2.05, 4.69) is 25.0 Å². The summed E-state index contributed by atoms with van der Waals surface area (Å²) in [6, 6.07) is 2.37. The lowest BCUT2D eigenvalue weighted by Crippen LogP contribution is -2.23. The van der Waals surface area contributed by atoms with Gasteiger partial charge in [-0.2, -0.15) is 18.3 Å². The summed E-state index contributed by atoms with van der Waals surface area (Å²) in [6.07, 6.45) is -1.95. The SMILES string of the molecule is Cc1noc(Cn2nc(-c3cnc(OCC(F)(F)F)nc3)ccc2=O)c1C. The molecule has 0 aromatic carbocycles. The highest BCUT2D eigenvalue weighted by Gasteiger charge is 2.28. The summed E-state index contributed by atoms with van der Waals surface area (Å²) in [6.45, 7) is 2.22. The van der Waals surface area contributed by atoms with E-state index in [4.69, 9.17) is 4.52 Å². The van der Waals surface area contributed by atoms with E-state index in [0.29, 0.717) is 17.0 Å². The van der Waals surface area contributed by atoms with Crippen molar-refractivity contribution in [3.8, 4) is 17.3 Å². The zero-order valence-corrected chi connectivity index (χ0v) is 14.3. The Balaban J connectivity index is 1.81. The number of nitrogens with zero attached hydrogens (tertiary/aromatic N) is 5. The van der Waals surface area contributed by atoms with Crippen LogP contribution in [0, 0.1) is 13.8 Å². The Labute approximate surface area is 150 Å². The fraction of sp³-hybridized carbons (Fsp3) is 0.312. The van der Waals surface area contributed by atoms with Crippen molar-refractivity contribution in [1.29, 1.82) is 0 Å². The third kappa shape index (κ3) is 4.49. The van der Waals surface area contributed by atoms with Crippen molar-refractivity contribution in [2.45, 2.75) is 26.6 Å². The van der Waals surface area contributed by atoms with E-state index < -0.39 is 18.8 Å². The smallest absolute Gasteiger partial charge is 0.422 e. The largest absolute Gasteiger partial charge is 0.454 e. The number of hydrogen-bond acceptors (Lipinski definition) is 7. The minimum Gasteiger partial charge on any atom is -0.454 e. The monoisotopic (exact) mass is 381 g/mol. The van der Waals surface area contributed by atoms with Crippen LogP contribution in [0.4, 0.5) is 13.2 Å². The van der Waals surface area contributed by atoms with E-state index in [1.54, 1.807) is 6.92 Å². The summed E-state index contributed by atoms with van der Waals surface area (Å²) in [4.78, 5) is 19.5. The number of alkyl halides is 3. The van der Waals surface area contributed by atoms with Gasteiger partial charge < -0.3 is 9.26 Å². The van der Waals surface area contributed by atoms with Crippen LogP contribution < -0.4 is 10.3 Å². The first-order chi connectivity index (χ1) is 12.7. The molecule has 0 unspecified atom stereocenters. The normalized spacial score (nSPS) is 11.6. The van der Waals surface area contributed by atoms with Crippen molar-refractivity contribution < 1.29 is 22.4 Å². The van der Waals surface area contributed by atoms with Crippen molar-refractivity contribution in [1.82, 2.24) is 24.9 Å². The fourth-order valence-corrected chi connectivity index (χ4v) is 2.13. The van der Waals surface area contributed by atoms with Gasteiger partial charge in [-0.25, -0.2) is 14.6 Å². The van der Waals surface area contributed by atoms with Crippen molar-refractivity contribution in [2.24, 2.45) is 0 Å². The number of rotatable bonds is 5. The number of aryl methyl sites for hydroxylation is 1. The van der Waals surface area contributed by atoms with Gasteiger partial charge in [0.15, 0.2) is 12.4 Å². The topological polar surface area (TPSA) is 95.9 Å². The molecule has 0 saturated heterocycles. The highest BCUT2D eigenvalue weighted by Crippen LogP contribution is 2.18. The molecule has 0 N–H and O–H groups in total. The van der Waals surface area contributed by atoms with Crippen LogP contribution in [0.5, 0.6) is 6.01 Å². The summed E-state index contributed by atoms with van der Waals surface area (Å²) < 4.78 is 47.3. The zero-order valence-electron chi connectivity index (χ0n) is 14.3. The lowest BCUT2D eigenvalue weighted by atomic mass is 10.2. The summed E-state index contributed by atoms with van der Waals surface area (Å²) in [7, 11) is 0. The van der Waals surface area contributed by atoms with Gasteiger partial charge in [0.1, 0.15) is 6.54 Å². The second kappa shape index (κ2) is 7.17. The highest BCUT2D eigenvalue weighted by atomic mass is 19.4. The molecular weight excluding hydrogens is 367 g/mol. The number of aromatic nitrogens is 5. The Morgan fingerprint density at radius 2 is 1.89 bits per heavy atom. The average molecular weight is 381 g/mol. The molecule has 0 radical (unpaired) electrons. The van der Waals surface area contributed by atoms with Crippen LogP contribution >= 0.6 is 0 Å². The highest BCUT2D eigenvalue weighted by molar-refractivity contribution is 5.55. The maximum atomic E-state index is 12.1. The maximum Gasteiger partial charge on any atom is 0.422 e. The molecule has 0 atom stereocenters. The van der Waals surface area contributed by atoms with Crippen LogP contribution in [0.1, 0.15) is 17.0 Å². The Hall–Kier alpha value is -3.24. The van der Waals surface area contributed by atoms with Gasteiger partial charge in [-0.05, 0) is 19.9 Å². The Morgan fingerprint density at radius 1 is 1.19 bits per heavy atom.